The molecule has 1 aromatic rings. The zero-order valence-electron chi connectivity index (χ0n) is 7.20. The van der Waals surface area contributed by atoms with Gasteiger partial charge in [-0.15, -0.1) is 0 Å². The van der Waals surface area contributed by atoms with Crippen molar-refractivity contribution >= 4 is 0 Å². The van der Waals surface area contributed by atoms with Gasteiger partial charge in [-0.1, -0.05) is 0 Å². The van der Waals surface area contributed by atoms with Crippen LogP contribution >= 0.6 is 0 Å². The standard InChI is InChI=1S/C8H12N2O2/c1-10-4-3-7(12-2)6(5-9)8(10)11/h3-4H,5,9H2,1-2H3. The van der Waals surface area contributed by atoms with Crippen molar-refractivity contribution in [1.29, 1.82) is 0 Å². The molecule has 0 aliphatic carbocycles. The minimum Gasteiger partial charge on any atom is -0.496 e. The summed E-state index contributed by atoms with van der Waals surface area (Å²) in [4.78, 5) is 11.4. The van der Waals surface area contributed by atoms with Crippen LogP contribution in [0.3, 0.4) is 0 Å². The number of ether oxygens (including phenoxy) is 1. The second-order valence-electron chi connectivity index (χ2n) is 2.48. The fourth-order valence-electron chi connectivity index (χ4n) is 1.05. The van der Waals surface area contributed by atoms with Crippen molar-refractivity contribution in [2.75, 3.05) is 7.11 Å². The van der Waals surface area contributed by atoms with Gasteiger partial charge in [-0.25, -0.2) is 0 Å². The molecule has 0 fully saturated rings. The maximum absolute atomic E-state index is 11.4. The van der Waals surface area contributed by atoms with Crippen molar-refractivity contribution in [2.45, 2.75) is 6.54 Å². The van der Waals surface area contributed by atoms with E-state index in [1.54, 1.807) is 19.3 Å². The minimum atomic E-state index is -0.100. The summed E-state index contributed by atoms with van der Waals surface area (Å²) in [6.07, 6.45) is 1.65. The Morgan fingerprint density at radius 1 is 1.67 bits per heavy atom. The van der Waals surface area contributed by atoms with Gasteiger partial charge in [0.1, 0.15) is 5.75 Å². The molecule has 0 saturated carbocycles. The zero-order valence-corrected chi connectivity index (χ0v) is 7.20. The molecule has 1 heterocycles. The molecule has 0 aromatic carbocycles. The Morgan fingerprint density at radius 2 is 2.33 bits per heavy atom. The summed E-state index contributed by atoms with van der Waals surface area (Å²) >= 11 is 0. The lowest BCUT2D eigenvalue weighted by molar-refractivity contribution is 0.407. The van der Waals surface area contributed by atoms with E-state index in [-0.39, 0.29) is 12.1 Å². The van der Waals surface area contributed by atoms with Crippen LogP contribution in [0.2, 0.25) is 0 Å². The molecule has 0 amide bonds. The van der Waals surface area contributed by atoms with Gasteiger partial charge in [-0.2, -0.15) is 0 Å². The molecule has 66 valence electrons. The summed E-state index contributed by atoms with van der Waals surface area (Å²) in [6.45, 7) is 0.205. The monoisotopic (exact) mass is 168 g/mol. The third-order valence-corrected chi connectivity index (χ3v) is 1.75. The van der Waals surface area contributed by atoms with E-state index in [2.05, 4.69) is 0 Å². The molecule has 1 aromatic heterocycles. The summed E-state index contributed by atoms with van der Waals surface area (Å²) in [6, 6.07) is 1.73. The molecule has 1 rings (SSSR count). The van der Waals surface area contributed by atoms with Gasteiger partial charge < -0.3 is 15.0 Å². The molecule has 0 aliphatic rings. The van der Waals surface area contributed by atoms with Gasteiger partial charge in [0.25, 0.3) is 5.56 Å². The first-order chi connectivity index (χ1) is 5.70. The second kappa shape index (κ2) is 3.40. The summed E-state index contributed by atoms with van der Waals surface area (Å²) in [5.74, 6) is 0.556. The Bertz CT molecular complexity index is 330. The van der Waals surface area contributed by atoms with Gasteiger partial charge >= 0.3 is 0 Å². The first kappa shape index (κ1) is 8.80. The van der Waals surface area contributed by atoms with E-state index in [0.717, 1.165) is 0 Å². The van der Waals surface area contributed by atoms with E-state index < -0.39 is 0 Å². The molecule has 12 heavy (non-hydrogen) atoms. The van der Waals surface area contributed by atoms with Crippen LogP contribution in [0.4, 0.5) is 0 Å². The predicted octanol–water partition coefficient (Wildman–Crippen LogP) is -0.147. The van der Waals surface area contributed by atoms with Gasteiger partial charge in [0.05, 0.1) is 12.7 Å². The molecule has 0 spiro atoms. The molecular formula is C8H12N2O2. The van der Waals surface area contributed by atoms with Crippen LogP contribution in [0, 0.1) is 0 Å². The van der Waals surface area contributed by atoms with Crippen LogP contribution in [0.1, 0.15) is 5.56 Å². The highest BCUT2D eigenvalue weighted by molar-refractivity contribution is 5.30. The Kier molecular flexibility index (Phi) is 2.50. The zero-order chi connectivity index (χ0) is 9.14. The Labute approximate surface area is 70.6 Å². The topological polar surface area (TPSA) is 57.2 Å². The number of hydrogen-bond donors (Lipinski definition) is 1. The van der Waals surface area contributed by atoms with Gasteiger partial charge in [0.15, 0.2) is 0 Å². The highest BCUT2D eigenvalue weighted by Crippen LogP contribution is 2.11. The highest BCUT2D eigenvalue weighted by atomic mass is 16.5. The third kappa shape index (κ3) is 1.33. The maximum atomic E-state index is 11.4. The molecule has 4 heteroatoms. The summed E-state index contributed by atoms with van der Waals surface area (Å²) in [7, 11) is 3.20. The van der Waals surface area contributed by atoms with Crippen LogP contribution < -0.4 is 16.0 Å². The third-order valence-electron chi connectivity index (χ3n) is 1.75. The van der Waals surface area contributed by atoms with Gasteiger partial charge in [0.2, 0.25) is 0 Å². The summed E-state index contributed by atoms with van der Waals surface area (Å²) < 4.78 is 6.46. The Morgan fingerprint density at radius 3 is 2.83 bits per heavy atom. The molecule has 0 atom stereocenters. The first-order valence-electron chi connectivity index (χ1n) is 3.63. The number of pyridine rings is 1. The summed E-state index contributed by atoms with van der Waals surface area (Å²) in [5.41, 5.74) is 5.82. The van der Waals surface area contributed by atoms with Gasteiger partial charge in [0, 0.05) is 19.8 Å². The number of rotatable bonds is 2. The number of methoxy groups -OCH3 is 1. The molecule has 0 unspecified atom stereocenters. The molecule has 2 N–H and O–H groups in total. The van der Waals surface area contributed by atoms with Crippen LogP contribution in [0.25, 0.3) is 0 Å². The van der Waals surface area contributed by atoms with E-state index in [1.807, 2.05) is 0 Å². The predicted molar refractivity (Wildman–Crippen MR) is 46.1 cm³/mol. The van der Waals surface area contributed by atoms with Crippen LogP contribution in [-0.2, 0) is 13.6 Å². The Balaban J connectivity index is 3.36. The quantitative estimate of drug-likeness (QED) is 0.668. The van der Waals surface area contributed by atoms with Crippen LogP contribution in [0.15, 0.2) is 17.1 Å². The second-order valence-corrected chi connectivity index (χ2v) is 2.48. The van der Waals surface area contributed by atoms with Gasteiger partial charge in [-0.3, -0.25) is 4.79 Å². The van der Waals surface area contributed by atoms with E-state index in [0.29, 0.717) is 11.3 Å². The first-order valence-corrected chi connectivity index (χ1v) is 3.63. The van der Waals surface area contributed by atoms with E-state index in [1.165, 1.54) is 11.7 Å². The number of aryl methyl sites for hydroxylation is 1. The number of aromatic nitrogens is 1. The van der Waals surface area contributed by atoms with Crippen LogP contribution in [0.5, 0.6) is 5.75 Å². The van der Waals surface area contributed by atoms with Crippen molar-refractivity contribution in [3.8, 4) is 5.75 Å². The SMILES string of the molecule is COc1ccn(C)c(=O)c1CN. The smallest absolute Gasteiger partial charge is 0.258 e. The lowest BCUT2D eigenvalue weighted by Gasteiger charge is -2.06. The average molecular weight is 168 g/mol. The average Bonchev–Trinajstić information content (AvgIpc) is 2.09. The van der Waals surface area contributed by atoms with Crippen molar-refractivity contribution in [3.63, 3.8) is 0 Å². The van der Waals surface area contributed by atoms with E-state index >= 15 is 0 Å². The maximum Gasteiger partial charge on any atom is 0.258 e. The molecule has 0 bridgehead atoms. The van der Waals surface area contributed by atoms with Crippen molar-refractivity contribution in [1.82, 2.24) is 4.57 Å². The lowest BCUT2D eigenvalue weighted by atomic mass is 10.2. The number of nitrogens with zero attached hydrogens (tertiary/aromatic N) is 1. The highest BCUT2D eigenvalue weighted by Gasteiger charge is 2.05. The summed E-state index contributed by atoms with van der Waals surface area (Å²) in [5, 5.41) is 0. The van der Waals surface area contributed by atoms with E-state index in [9.17, 15) is 4.79 Å². The number of nitrogens with two attached hydrogens (primary N) is 1. The molecule has 0 radical (unpaired) electrons. The number of hydrogen-bond acceptors (Lipinski definition) is 3. The van der Waals surface area contributed by atoms with Crippen molar-refractivity contribution in [2.24, 2.45) is 12.8 Å². The fraction of sp³-hybridized carbons (Fsp3) is 0.375. The molecule has 0 saturated heterocycles. The normalized spacial score (nSPS) is 9.92. The molecule has 4 nitrogen and oxygen atoms in total. The van der Waals surface area contributed by atoms with Crippen LogP contribution in [-0.4, -0.2) is 11.7 Å². The van der Waals surface area contributed by atoms with Crippen molar-refractivity contribution < 1.29 is 4.74 Å². The largest absolute Gasteiger partial charge is 0.496 e. The van der Waals surface area contributed by atoms with Crippen molar-refractivity contribution in [3.05, 3.63) is 28.2 Å². The Hall–Kier alpha value is -1.29. The van der Waals surface area contributed by atoms with Gasteiger partial charge in [-0.05, 0) is 6.07 Å². The minimum absolute atomic E-state index is 0.100. The van der Waals surface area contributed by atoms with E-state index in [4.69, 9.17) is 10.5 Å². The molecular weight excluding hydrogens is 156 g/mol. The lowest BCUT2D eigenvalue weighted by Crippen LogP contribution is -2.23. The fourth-order valence-corrected chi connectivity index (χ4v) is 1.05. The molecule has 0 aliphatic heterocycles.